The van der Waals surface area contributed by atoms with E-state index in [1.807, 2.05) is 0 Å². The van der Waals surface area contributed by atoms with Crippen LogP contribution in [-0.2, 0) is 0 Å². The summed E-state index contributed by atoms with van der Waals surface area (Å²) in [6, 6.07) is 5.89. The molecule has 0 aliphatic rings. The Kier molecular flexibility index (Phi) is 5.12. The van der Waals surface area contributed by atoms with Gasteiger partial charge in [-0.3, -0.25) is 4.79 Å². The van der Waals surface area contributed by atoms with Gasteiger partial charge in [-0.1, -0.05) is 12.1 Å². The molecule has 1 amide bonds. The van der Waals surface area contributed by atoms with Crippen LogP contribution in [0.4, 0.5) is 4.39 Å². The van der Waals surface area contributed by atoms with Crippen LogP contribution in [0.3, 0.4) is 0 Å². The first-order valence-electron chi connectivity index (χ1n) is 3.97. The van der Waals surface area contributed by atoms with Crippen LogP contribution in [-0.4, -0.2) is 20.0 Å². The van der Waals surface area contributed by atoms with Crippen molar-refractivity contribution < 1.29 is 26.6 Å². The third-order valence-electron chi connectivity index (χ3n) is 1.48. The molecule has 0 aromatic heterocycles. The fourth-order valence-electron chi connectivity index (χ4n) is 0.940. The largest absolute Gasteiger partial charge is 1.00 e. The molecule has 0 atom stereocenters. The van der Waals surface area contributed by atoms with E-state index >= 15 is 0 Å². The van der Waals surface area contributed by atoms with Crippen molar-refractivity contribution in [2.45, 2.75) is 0 Å². The molecule has 0 radical (unpaired) electrons. The van der Waals surface area contributed by atoms with Crippen LogP contribution < -0.4 is 22.8 Å². The fourth-order valence-corrected chi connectivity index (χ4v) is 0.940. The molecule has 0 heterocycles. The van der Waals surface area contributed by atoms with Crippen LogP contribution in [0.2, 0.25) is 0 Å². The number of nitrogens with one attached hydrogen (secondary N) is 2. The fraction of sp³-hybridized carbons (Fsp3) is 0.222. The van der Waals surface area contributed by atoms with Gasteiger partial charge in [0.2, 0.25) is 0 Å². The molecule has 0 fully saturated rings. The molecule has 0 saturated heterocycles. The second-order valence-corrected chi connectivity index (χ2v) is 2.93. The monoisotopic (exact) mass is 218 g/mol. The standard InChI is InChI=1S/C9H11FN2O.ClH/c1-12(2)11-9(13)7-5-3-4-6-8(7)10;/h3-6H,1-2H3,(H,11,13);1H. The lowest BCUT2D eigenvalue weighted by atomic mass is 10.2. The number of hydrogen-bond acceptors (Lipinski definition) is 1. The molecule has 0 aliphatic heterocycles. The zero-order valence-electron chi connectivity index (χ0n) is 7.97. The number of carbonyl (C=O) groups excluding carboxylic acids is 1. The van der Waals surface area contributed by atoms with Crippen LogP contribution in [0.25, 0.3) is 0 Å². The van der Waals surface area contributed by atoms with Gasteiger partial charge in [-0.15, -0.1) is 0 Å². The number of halogens is 2. The first-order valence-corrected chi connectivity index (χ1v) is 3.97. The highest BCUT2D eigenvalue weighted by Gasteiger charge is 2.11. The molecule has 1 aromatic rings. The Bertz CT molecular complexity index is 317. The molecule has 5 heteroatoms. The average Bonchev–Trinajstić information content (AvgIpc) is 2.03. The minimum Gasteiger partial charge on any atom is -1.00 e. The van der Waals surface area contributed by atoms with E-state index in [0.29, 0.717) is 0 Å². The molecule has 1 rings (SSSR count). The van der Waals surface area contributed by atoms with Crippen LogP contribution in [0.1, 0.15) is 10.4 Å². The molecule has 3 nitrogen and oxygen atoms in total. The summed E-state index contributed by atoms with van der Waals surface area (Å²) in [6.45, 7) is 0. The van der Waals surface area contributed by atoms with Crippen LogP contribution in [0.15, 0.2) is 24.3 Å². The van der Waals surface area contributed by atoms with Gasteiger partial charge in [-0.25, -0.2) is 9.40 Å². The predicted octanol–water partition coefficient (Wildman–Crippen LogP) is -3.38. The van der Waals surface area contributed by atoms with Crippen molar-refractivity contribution in [3.05, 3.63) is 35.6 Å². The summed E-state index contributed by atoms with van der Waals surface area (Å²) in [5.74, 6) is -0.903. The molecule has 0 unspecified atom stereocenters. The maximum absolute atomic E-state index is 13.0. The Morgan fingerprint density at radius 2 is 1.93 bits per heavy atom. The van der Waals surface area contributed by atoms with E-state index in [1.54, 1.807) is 26.2 Å². The van der Waals surface area contributed by atoms with E-state index in [0.717, 1.165) is 5.01 Å². The molecule has 78 valence electrons. The van der Waals surface area contributed by atoms with E-state index in [4.69, 9.17) is 0 Å². The average molecular weight is 219 g/mol. The van der Waals surface area contributed by atoms with E-state index in [2.05, 4.69) is 5.43 Å². The maximum Gasteiger partial charge on any atom is 0.298 e. The number of benzene rings is 1. The number of carbonyl (C=O) groups is 1. The minimum absolute atomic E-state index is 0. The maximum atomic E-state index is 13.0. The summed E-state index contributed by atoms with van der Waals surface area (Å²) in [4.78, 5) is 11.3. The van der Waals surface area contributed by atoms with Crippen molar-refractivity contribution >= 4 is 5.91 Å². The number of amides is 1. The minimum atomic E-state index is -0.499. The van der Waals surface area contributed by atoms with Gasteiger partial charge in [0.1, 0.15) is 5.82 Å². The summed E-state index contributed by atoms with van der Waals surface area (Å²) < 4.78 is 13.0. The zero-order chi connectivity index (χ0) is 9.84. The highest BCUT2D eigenvalue weighted by atomic mass is 35.5. The molecule has 0 saturated carbocycles. The lowest BCUT2D eigenvalue weighted by Crippen LogP contribution is -3.13. The van der Waals surface area contributed by atoms with Crippen molar-refractivity contribution in [3.63, 3.8) is 0 Å². The van der Waals surface area contributed by atoms with Crippen LogP contribution in [0.5, 0.6) is 0 Å². The Morgan fingerprint density at radius 1 is 1.36 bits per heavy atom. The van der Waals surface area contributed by atoms with Gasteiger partial charge in [-0.2, -0.15) is 5.43 Å². The molecule has 1 aromatic carbocycles. The van der Waals surface area contributed by atoms with Crippen LogP contribution in [0, 0.1) is 5.82 Å². The van der Waals surface area contributed by atoms with E-state index in [-0.39, 0.29) is 18.0 Å². The number of rotatable bonds is 2. The summed E-state index contributed by atoms with van der Waals surface area (Å²) in [6.07, 6.45) is 0. The number of hydrogen-bond donors (Lipinski definition) is 2. The Labute approximate surface area is 88.3 Å². The summed E-state index contributed by atoms with van der Waals surface area (Å²) in [7, 11) is 3.50. The third-order valence-corrected chi connectivity index (χ3v) is 1.48. The molecule has 0 bridgehead atoms. The SMILES string of the molecule is C[NH+](C)NC(=O)c1ccccc1F.[Cl-]. The zero-order valence-corrected chi connectivity index (χ0v) is 8.73. The van der Waals surface area contributed by atoms with Crippen molar-refractivity contribution in [2.24, 2.45) is 0 Å². The molecule has 0 aliphatic carbocycles. The summed E-state index contributed by atoms with van der Waals surface area (Å²) in [5.41, 5.74) is 2.61. The van der Waals surface area contributed by atoms with Crippen molar-refractivity contribution in [3.8, 4) is 0 Å². The third kappa shape index (κ3) is 3.32. The normalized spacial score (nSPS) is 9.43. The topological polar surface area (TPSA) is 33.5 Å². The predicted molar refractivity (Wildman–Crippen MR) is 46.7 cm³/mol. The lowest BCUT2D eigenvalue weighted by Gasteiger charge is -2.08. The van der Waals surface area contributed by atoms with Crippen molar-refractivity contribution in [2.75, 3.05) is 14.1 Å². The number of quaternary nitrogens is 1. The molecule has 0 spiro atoms. The highest BCUT2D eigenvalue weighted by Crippen LogP contribution is 2.04. The van der Waals surface area contributed by atoms with Gasteiger partial charge in [-0.05, 0) is 12.1 Å². The van der Waals surface area contributed by atoms with Gasteiger partial charge in [0, 0.05) is 0 Å². The smallest absolute Gasteiger partial charge is 0.298 e. The summed E-state index contributed by atoms with van der Waals surface area (Å²) >= 11 is 0. The second kappa shape index (κ2) is 5.57. The molecular weight excluding hydrogens is 207 g/mol. The second-order valence-electron chi connectivity index (χ2n) is 2.93. The Morgan fingerprint density at radius 3 is 2.43 bits per heavy atom. The molecule has 2 N–H and O–H groups in total. The molecular formula is C9H12ClFN2O. The Hall–Kier alpha value is -1.13. The molecule has 14 heavy (non-hydrogen) atoms. The van der Waals surface area contributed by atoms with Crippen molar-refractivity contribution in [1.29, 1.82) is 0 Å². The highest BCUT2D eigenvalue weighted by molar-refractivity contribution is 5.93. The lowest BCUT2D eigenvalue weighted by molar-refractivity contribution is -0.895. The van der Waals surface area contributed by atoms with E-state index in [9.17, 15) is 9.18 Å². The first kappa shape index (κ1) is 12.9. The van der Waals surface area contributed by atoms with Gasteiger partial charge < -0.3 is 12.4 Å². The van der Waals surface area contributed by atoms with Crippen molar-refractivity contribution in [1.82, 2.24) is 5.43 Å². The van der Waals surface area contributed by atoms with Gasteiger partial charge in [0.05, 0.1) is 19.7 Å². The van der Waals surface area contributed by atoms with Gasteiger partial charge in [0.25, 0.3) is 5.91 Å². The van der Waals surface area contributed by atoms with Gasteiger partial charge >= 0.3 is 0 Å². The van der Waals surface area contributed by atoms with Crippen LogP contribution >= 0.6 is 0 Å². The quantitative estimate of drug-likeness (QED) is 0.499. The summed E-state index contributed by atoms with van der Waals surface area (Å²) in [5, 5.41) is 0.744. The first-order chi connectivity index (χ1) is 6.11. The Balaban J connectivity index is 0.00000169. The van der Waals surface area contributed by atoms with Gasteiger partial charge in [0.15, 0.2) is 0 Å². The van der Waals surface area contributed by atoms with E-state index < -0.39 is 11.7 Å². The van der Waals surface area contributed by atoms with E-state index in [1.165, 1.54) is 12.1 Å².